The summed E-state index contributed by atoms with van der Waals surface area (Å²) < 4.78 is 10.8. The first-order valence-electron chi connectivity index (χ1n) is 9.58. The molecule has 0 aliphatic carbocycles. The third-order valence-electron chi connectivity index (χ3n) is 4.33. The lowest BCUT2D eigenvalue weighted by Crippen LogP contribution is -2.41. The minimum atomic E-state index is -0.200. The molecule has 0 spiro atoms. The Labute approximate surface area is 165 Å². The van der Waals surface area contributed by atoms with E-state index in [2.05, 4.69) is 25.5 Å². The van der Waals surface area contributed by atoms with E-state index in [-0.39, 0.29) is 5.91 Å². The van der Waals surface area contributed by atoms with E-state index in [1.807, 2.05) is 31.2 Å². The van der Waals surface area contributed by atoms with Gasteiger partial charge in [-0.2, -0.15) is 0 Å². The average molecular weight is 385 g/mol. The van der Waals surface area contributed by atoms with Crippen molar-refractivity contribution in [1.29, 1.82) is 0 Å². The van der Waals surface area contributed by atoms with E-state index < -0.39 is 0 Å². The number of rotatable bonds is 8. The number of carbonyl (C=O) groups is 1. The second-order valence-electron chi connectivity index (χ2n) is 6.48. The third kappa shape index (κ3) is 5.90. The first-order chi connectivity index (χ1) is 13.6. The quantitative estimate of drug-likeness (QED) is 0.718. The van der Waals surface area contributed by atoms with Gasteiger partial charge >= 0.3 is 0 Å². The molecule has 1 amide bonds. The molecule has 1 saturated heterocycles. The zero-order valence-electron chi connectivity index (χ0n) is 16.4. The molecule has 1 aromatic carbocycles. The molecule has 1 aliphatic rings. The summed E-state index contributed by atoms with van der Waals surface area (Å²) in [4.78, 5) is 23.4. The van der Waals surface area contributed by atoms with Gasteiger partial charge in [0.25, 0.3) is 5.91 Å². The molecule has 8 nitrogen and oxygen atoms in total. The van der Waals surface area contributed by atoms with Crippen LogP contribution in [0.1, 0.15) is 23.2 Å². The molecule has 2 N–H and O–H groups in total. The summed E-state index contributed by atoms with van der Waals surface area (Å²) in [5.74, 6) is 1.73. The third-order valence-corrected chi connectivity index (χ3v) is 4.33. The summed E-state index contributed by atoms with van der Waals surface area (Å²) in [6.45, 7) is 9.02. The lowest BCUT2D eigenvalue weighted by atomic mass is 10.3. The van der Waals surface area contributed by atoms with Crippen LogP contribution in [0.3, 0.4) is 0 Å². The molecule has 1 aliphatic heterocycles. The molecule has 0 atom stereocenters. The molecular formula is C20H27N5O3. The molecule has 3 rings (SSSR count). The van der Waals surface area contributed by atoms with Gasteiger partial charge in [-0.05, 0) is 38.1 Å². The van der Waals surface area contributed by atoms with Gasteiger partial charge < -0.3 is 20.1 Å². The van der Waals surface area contributed by atoms with E-state index in [9.17, 15) is 4.79 Å². The van der Waals surface area contributed by atoms with E-state index in [4.69, 9.17) is 9.47 Å². The predicted molar refractivity (Wildman–Crippen MR) is 107 cm³/mol. The smallest absolute Gasteiger partial charge is 0.270 e. The molecular weight excluding hydrogens is 358 g/mol. The number of anilines is 2. The fourth-order valence-electron chi connectivity index (χ4n) is 2.94. The molecule has 0 radical (unpaired) electrons. The highest BCUT2D eigenvalue weighted by Crippen LogP contribution is 2.19. The average Bonchev–Trinajstić information content (AvgIpc) is 2.70. The number of aromatic nitrogens is 2. The number of nitrogens with one attached hydrogen (secondary N) is 2. The first-order valence-corrected chi connectivity index (χ1v) is 9.58. The van der Waals surface area contributed by atoms with Crippen molar-refractivity contribution < 1.29 is 14.3 Å². The van der Waals surface area contributed by atoms with Gasteiger partial charge in [0.1, 0.15) is 23.1 Å². The van der Waals surface area contributed by atoms with Crippen LogP contribution in [0.15, 0.2) is 30.3 Å². The first kappa shape index (κ1) is 20.0. The van der Waals surface area contributed by atoms with Gasteiger partial charge in [-0.1, -0.05) is 0 Å². The molecule has 1 aromatic heterocycles. The van der Waals surface area contributed by atoms with E-state index in [1.165, 1.54) is 0 Å². The van der Waals surface area contributed by atoms with Crippen LogP contribution >= 0.6 is 0 Å². The van der Waals surface area contributed by atoms with Crippen molar-refractivity contribution in [2.24, 2.45) is 0 Å². The van der Waals surface area contributed by atoms with Crippen molar-refractivity contribution in [2.75, 3.05) is 51.3 Å². The number of hydrogen-bond acceptors (Lipinski definition) is 7. The number of benzene rings is 1. The Hall–Kier alpha value is -2.71. The standard InChI is InChI=1S/C20H27N5O3/c1-3-28-17-6-4-16(5-7-17)24-19-14-18(22-15(2)23-19)20(26)21-8-9-25-10-12-27-13-11-25/h4-7,14H,3,8-13H2,1-2H3,(H,21,26)(H,22,23,24). The summed E-state index contributed by atoms with van der Waals surface area (Å²) in [7, 11) is 0. The summed E-state index contributed by atoms with van der Waals surface area (Å²) in [6.07, 6.45) is 0. The molecule has 0 unspecified atom stereocenters. The minimum absolute atomic E-state index is 0.200. The van der Waals surface area contributed by atoms with Crippen LogP contribution in [-0.2, 0) is 4.74 Å². The van der Waals surface area contributed by atoms with Gasteiger partial charge in [-0.15, -0.1) is 0 Å². The summed E-state index contributed by atoms with van der Waals surface area (Å²) >= 11 is 0. The van der Waals surface area contributed by atoms with Crippen molar-refractivity contribution in [3.8, 4) is 5.75 Å². The van der Waals surface area contributed by atoms with Gasteiger partial charge in [0.05, 0.1) is 19.8 Å². The molecule has 1 fully saturated rings. The van der Waals surface area contributed by atoms with Crippen LogP contribution in [0.25, 0.3) is 0 Å². The lowest BCUT2D eigenvalue weighted by Gasteiger charge is -2.26. The predicted octanol–water partition coefficient (Wildman–Crippen LogP) is 1.99. The second-order valence-corrected chi connectivity index (χ2v) is 6.48. The van der Waals surface area contributed by atoms with E-state index >= 15 is 0 Å². The van der Waals surface area contributed by atoms with Crippen LogP contribution in [0.4, 0.5) is 11.5 Å². The fourth-order valence-corrected chi connectivity index (χ4v) is 2.94. The maximum atomic E-state index is 12.5. The maximum absolute atomic E-state index is 12.5. The molecule has 8 heteroatoms. The molecule has 2 heterocycles. The lowest BCUT2D eigenvalue weighted by molar-refractivity contribution is 0.0383. The molecule has 0 bridgehead atoms. The highest BCUT2D eigenvalue weighted by molar-refractivity contribution is 5.93. The van der Waals surface area contributed by atoms with Gasteiger partial charge in [0, 0.05) is 37.9 Å². The zero-order chi connectivity index (χ0) is 19.8. The summed E-state index contributed by atoms with van der Waals surface area (Å²) in [5.41, 5.74) is 1.21. The van der Waals surface area contributed by atoms with Crippen molar-refractivity contribution in [3.63, 3.8) is 0 Å². The van der Waals surface area contributed by atoms with E-state index in [0.29, 0.717) is 30.5 Å². The number of amides is 1. The Morgan fingerprint density at radius 1 is 1.21 bits per heavy atom. The highest BCUT2D eigenvalue weighted by Gasteiger charge is 2.13. The Morgan fingerprint density at radius 3 is 2.68 bits per heavy atom. The maximum Gasteiger partial charge on any atom is 0.270 e. The Balaban J connectivity index is 1.57. The number of hydrogen-bond donors (Lipinski definition) is 2. The van der Waals surface area contributed by atoms with Crippen LogP contribution in [-0.4, -0.2) is 66.8 Å². The van der Waals surface area contributed by atoms with Crippen LogP contribution in [0.5, 0.6) is 5.75 Å². The zero-order valence-corrected chi connectivity index (χ0v) is 16.4. The van der Waals surface area contributed by atoms with Gasteiger partial charge in [0.15, 0.2) is 0 Å². The van der Waals surface area contributed by atoms with E-state index in [0.717, 1.165) is 44.3 Å². The van der Waals surface area contributed by atoms with Crippen LogP contribution in [0, 0.1) is 6.92 Å². The Bertz CT molecular complexity index is 776. The van der Waals surface area contributed by atoms with Crippen molar-refractivity contribution in [1.82, 2.24) is 20.2 Å². The van der Waals surface area contributed by atoms with Crippen molar-refractivity contribution >= 4 is 17.4 Å². The summed E-state index contributed by atoms with van der Waals surface area (Å²) in [5, 5.41) is 6.14. The van der Waals surface area contributed by atoms with Gasteiger partial charge in [-0.3, -0.25) is 9.69 Å². The van der Waals surface area contributed by atoms with Gasteiger partial charge in [0.2, 0.25) is 0 Å². The SMILES string of the molecule is CCOc1ccc(Nc2cc(C(=O)NCCN3CCOCC3)nc(C)n2)cc1. The number of ether oxygens (including phenoxy) is 2. The second kappa shape index (κ2) is 10.0. The number of aryl methyl sites for hydroxylation is 1. The molecule has 28 heavy (non-hydrogen) atoms. The number of carbonyl (C=O) groups excluding carboxylic acids is 1. The van der Waals surface area contributed by atoms with Crippen LogP contribution < -0.4 is 15.4 Å². The summed E-state index contributed by atoms with van der Waals surface area (Å²) in [6, 6.07) is 9.25. The molecule has 150 valence electrons. The Morgan fingerprint density at radius 2 is 1.96 bits per heavy atom. The number of morpholine rings is 1. The number of nitrogens with zero attached hydrogens (tertiary/aromatic N) is 3. The van der Waals surface area contributed by atoms with E-state index in [1.54, 1.807) is 13.0 Å². The normalized spacial score (nSPS) is 14.5. The highest BCUT2D eigenvalue weighted by atomic mass is 16.5. The topological polar surface area (TPSA) is 88.6 Å². The van der Waals surface area contributed by atoms with Crippen molar-refractivity contribution in [3.05, 3.63) is 41.9 Å². The monoisotopic (exact) mass is 385 g/mol. The molecule has 0 saturated carbocycles. The van der Waals surface area contributed by atoms with Crippen molar-refractivity contribution in [2.45, 2.75) is 13.8 Å². The fraction of sp³-hybridized carbons (Fsp3) is 0.450. The van der Waals surface area contributed by atoms with Gasteiger partial charge in [-0.25, -0.2) is 9.97 Å². The minimum Gasteiger partial charge on any atom is -0.494 e. The largest absolute Gasteiger partial charge is 0.494 e. The van der Waals surface area contributed by atoms with Crippen LogP contribution in [0.2, 0.25) is 0 Å². The Kier molecular flexibility index (Phi) is 7.16. The molecule has 2 aromatic rings.